The Morgan fingerprint density at radius 2 is 1.84 bits per heavy atom. The Balaban J connectivity index is 1.48. The van der Waals surface area contributed by atoms with E-state index in [4.69, 9.17) is 0 Å². The van der Waals surface area contributed by atoms with Gasteiger partial charge in [0, 0.05) is 37.4 Å². The summed E-state index contributed by atoms with van der Waals surface area (Å²) >= 11 is 0. The largest absolute Gasteiger partial charge is 0.392 e. The molecule has 0 bridgehead atoms. The van der Waals surface area contributed by atoms with Crippen molar-refractivity contribution in [1.82, 2.24) is 20.2 Å². The van der Waals surface area contributed by atoms with Crippen molar-refractivity contribution in [3.05, 3.63) is 24.3 Å². The lowest BCUT2D eigenvalue weighted by Gasteiger charge is -2.56. The normalized spacial score (nSPS) is 36.5. The second kappa shape index (κ2) is 8.85. The molecule has 2 aliphatic carbocycles. The molecule has 170 valence electrons. The van der Waals surface area contributed by atoms with Crippen LogP contribution in [0.4, 0.5) is 0 Å². The van der Waals surface area contributed by atoms with Crippen molar-refractivity contribution >= 4 is 11.8 Å². The number of carbonyl (C=O) groups is 2. The Bertz CT molecular complexity index is 797. The van der Waals surface area contributed by atoms with Gasteiger partial charge in [-0.25, -0.2) is 9.97 Å². The molecule has 7 nitrogen and oxygen atoms in total. The summed E-state index contributed by atoms with van der Waals surface area (Å²) in [5, 5.41) is 14.7. The molecule has 7 atom stereocenters. The quantitative estimate of drug-likeness (QED) is 0.769. The highest BCUT2D eigenvalue weighted by atomic mass is 16.3. The first kappa shape index (κ1) is 22.2. The number of hydrogen-bond donors (Lipinski definition) is 2. The molecule has 1 saturated heterocycles. The van der Waals surface area contributed by atoms with Crippen LogP contribution in [0.2, 0.25) is 0 Å². The van der Waals surface area contributed by atoms with Crippen LogP contribution in [0.15, 0.2) is 18.7 Å². The fourth-order valence-corrected chi connectivity index (χ4v) is 6.57. The number of nitrogens with zero attached hydrogens (tertiary/aromatic N) is 3. The van der Waals surface area contributed by atoms with Gasteiger partial charge in [0.1, 0.15) is 6.33 Å². The topological polar surface area (TPSA) is 95.4 Å². The number of aromatic nitrogens is 2. The first-order valence-corrected chi connectivity index (χ1v) is 11.8. The van der Waals surface area contributed by atoms with E-state index in [0.717, 1.165) is 51.6 Å². The molecule has 2 saturated carbocycles. The van der Waals surface area contributed by atoms with Gasteiger partial charge < -0.3 is 15.3 Å². The standard InChI is InChI=1S/C24H36N4O3/c1-15(23(31)28-10-4-5-11-28)18-6-8-24(3)9-7-19(16(2)20(24)21(18)29)27-22(30)17-12-25-14-26-13-17/h12-16,18-21,29H,4-11H2,1-3H3,(H,27,30)/t15-,16+,18-,19-,20+,21-,24-/m0/s1. The number of nitrogens with one attached hydrogen (secondary N) is 1. The Morgan fingerprint density at radius 1 is 1.19 bits per heavy atom. The molecule has 31 heavy (non-hydrogen) atoms. The highest BCUT2D eigenvalue weighted by Crippen LogP contribution is 2.55. The van der Waals surface area contributed by atoms with Gasteiger partial charge in [0.2, 0.25) is 5.91 Å². The van der Waals surface area contributed by atoms with E-state index in [1.54, 1.807) is 0 Å². The van der Waals surface area contributed by atoms with Crippen LogP contribution in [-0.4, -0.2) is 57.0 Å². The van der Waals surface area contributed by atoms with Gasteiger partial charge in [-0.15, -0.1) is 0 Å². The molecule has 4 rings (SSSR count). The summed E-state index contributed by atoms with van der Waals surface area (Å²) in [5.74, 6) is 0.0280. The number of likely N-dealkylation sites (tertiary alicyclic amines) is 1. The van der Waals surface area contributed by atoms with Crippen molar-refractivity contribution in [3.63, 3.8) is 0 Å². The van der Waals surface area contributed by atoms with Gasteiger partial charge in [-0.05, 0) is 61.7 Å². The van der Waals surface area contributed by atoms with Gasteiger partial charge >= 0.3 is 0 Å². The summed E-state index contributed by atoms with van der Waals surface area (Å²) in [4.78, 5) is 35.6. The van der Waals surface area contributed by atoms with E-state index < -0.39 is 6.10 Å². The van der Waals surface area contributed by atoms with E-state index in [1.165, 1.54) is 18.7 Å². The fourth-order valence-electron chi connectivity index (χ4n) is 6.57. The molecule has 3 fully saturated rings. The van der Waals surface area contributed by atoms with Crippen LogP contribution in [0.5, 0.6) is 0 Å². The van der Waals surface area contributed by atoms with E-state index in [0.29, 0.717) is 5.56 Å². The lowest BCUT2D eigenvalue weighted by molar-refractivity contribution is -0.149. The maximum Gasteiger partial charge on any atom is 0.254 e. The molecule has 2 N–H and O–H groups in total. The molecule has 7 heteroatoms. The van der Waals surface area contributed by atoms with Crippen LogP contribution in [0.3, 0.4) is 0 Å². The first-order valence-electron chi connectivity index (χ1n) is 11.8. The highest BCUT2D eigenvalue weighted by Gasteiger charge is 2.54. The van der Waals surface area contributed by atoms with Crippen LogP contribution in [0.1, 0.15) is 69.7 Å². The Labute approximate surface area is 185 Å². The highest BCUT2D eigenvalue weighted by molar-refractivity contribution is 5.93. The zero-order valence-electron chi connectivity index (χ0n) is 19.0. The first-order chi connectivity index (χ1) is 14.8. The number of aliphatic hydroxyl groups is 1. The van der Waals surface area contributed by atoms with E-state index in [-0.39, 0.29) is 46.9 Å². The van der Waals surface area contributed by atoms with Crippen molar-refractivity contribution in [2.24, 2.45) is 29.1 Å². The lowest BCUT2D eigenvalue weighted by atomic mass is 9.51. The van der Waals surface area contributed by atoms with Crippen molar-refractivity contribution in [2.75, 3.05) is 13.1 Å². The maximum atomic E-state index is 13.0. The third-order valence-corrected chi connectivity index (χ3v) is 8.48. The van der Waals surface area contributed by atoms with Gasteiger partial charge in [0.05, 0.1) is 11.7 Å². The Hall–Kier alpha value is -2.02. The number of fused-ring (bicyclic) bond motifs is 1. The van der Waals surface area contributed by atoms with Gasteiger partial charge in [0.15, 0.2) is 0 Å². The average Bonchev–Trinajstić information content (AvgIpc) is 3.30. The molecule has 2 heterocycles. The molecule has 2 amide bonds. The van der Waals surface area contributed by atoms with Crippen molar-refractivity contribution in [3.8, 4) is 0 Å². The molecule has 0 unspecified atom stereocenters. The van der Waals surface area contributed by atoms with Crippen molar-refractivity contribution < 1.29 is 14.7 Å². The van der Waals surface area contributed by atoms with Crippen molar-refractivity contribution in [2.45, 2.75) is 71.4 Å². The molecule has 0 radical (unpaired) electrons. The fraction of sp³-hybridized carbons (Fsp3) is 0.750. The molecule has 1 aliphatic heterocycles. The number of carbonyl (C=O) groups excluding carboxylic acids is 2. The van der Waals surface area contributed by atoms with Gasteiger partial charge in [-0.2, -0.15) is 0 Å². The van der Waals surface area contributed by atoms with Crippen LogP contribution in [-0.2, 0) is 4.79 Å². The summed E-state index contributed by atoms with van der Waals surface area (Å²) in [5.41, 5.74) is 0.498. The monoisotopic (exact) mass is 428 g/mol. The predicted octanol–water partition coefficient (Wildman–Crippen LogP) is 2.66. The van der Waals surface area contributed by atoms with Crippen molar-refractivity contribution in [1.29, 1.82) is 0 Å². The SMILES string of the molecule is C[C@H]1[C@@H]2[C@@H](O)[C@H]([C@H](C)C(=O)N3CCCC3)CC[C@@]2(C)CC[C@@H]1NC(=O)c1cncnc1. The van der Waals surface area contributed by atoms with Crippen LogP contribution in [0.25, 0.3) is 0 Å². The van der Waals surface area contributed by atoms with Gasteiger partial charge in [-0.1, -0.05) is 20.8 Å². The van der Waals surface area contributed by atoms with Gasteiger partial charge in [0.25, 0.3) is 5.91 Å². The molecule has 3 aliphatic rings. The van der Waals surface area contributed by atoms with Crippen LogP contribution >= 0.6 is 0 Å². The minimum Gasteiger partial charge on any atom is -0.392 e. The van der Waals surface area contributed by atoms with E-state index in [2.05, 4.69) is 29.1 Å². The second-order valence-corrected chi connectivity index (χ2v) is 10.3. The molecular weight excluding hydrogens is 392 g/mol. The lowest BCUT2D eigenvalue weighted by Crippen LogP contribution is -2.58. The summed E-state index contributed by atoms with van der Waals surface area (Å²) in [6.07, 6.45) is 9.87. The zero-order valence-corrected chi connectivity index (χ0v) is 19.0. The Kier molecular flexibility index (Phi) is 6.33. The molecule has 0 aromatic carbocycles. The summed E-state index contributed by atoms with van der Waals surface area (Å²) in [7, 11) is 0. The third-order valence-electron chi connectivity index (χ3n) is 8.48. The van der Waals surface area contributed by atoms with Crippen LogP contribution < -0.4 is 5.32 Å². The van der Waals surface area contributed by atoms with E-state index in [1.807, 2.05) is 11.8 Å². The minimum absolute atomic E-state index is 0.0104. The maximum absolute atomic E-state index is 13.0. The van der Waals surface area contributed by atoms with E-state index >= 15 is 0 Å². The number of rotatable bonds is 4. The minimum atomic E-state index is -0.532. The van der Waals surface area contributed by atoms with Crippen LogP contribution in [0, 0.1) is 29.1 Å². The third kappa shape index (κ3) is 4.21. The number of amides is 2. The number of aliphatic hydroxyl groups excluding tert-OH is 1. The predicted molar refractivity (Wildman–Crippen MR) is 117 cm³/mol. The molecule has 1 aromatic rings. The molecule has 1 aromatic heterocycles. The smallest absolute Gasteiger partial charge is 0.254 e. The molecular formula is C24H36N4O3. The van der Waals surface area contributed by atoms with Gasteiger partial charge in [-0.3, -0.25) is 9.59 Å². The summed E-state index contributed by atoms with van der Waals surface area (Å²) < 4.78 is 0. The molecule has 0 spiro atoms. The summed E-state index contributed by atoms with van der Waals surface area (Å²) in [6, 6.07) is -0.0104. The number of hydrogen-bond acceptors (Lipinski definition) is 5. The average molecular weight is 429 g/mol. The zero-order chi connectivity index (χ0) is 22.2. The Morgan fingerprint density at radius 3 is 2.52 bits per heavy atom. The van der Waals surface area contributed by atoms with E-state index in [9.17, 15) is 14.7 Å². The summed E-state index contributed by atoms with van der Waals surface area (Å²) in [6.45, 7) is 8.12. The second-order valence-electron chi connectivity index (χ2n) is 10.3.